The molecule has 3 rings (SSSR count). The second-order valence-corrected chi connectivity index (χ2v) is 9.83. The zero-order valence-electron chi connectivity index (χ0n) is 15.1. The molecule has 1 saturated heterocycles. The van der Waals surface area contributed by atoms with Gasteiger partial charge in [0.1, 0.15) is 4.21 Å². The molecule has 7 nitrogen and oxygen atoms in total. The third kappa shape index (κ3) is 4.38. The fourth-order valence-electron chi connectivity index (χ4n) is 3.03. The maximum absolute atomic E-state index is 12.7. The van der Waals surface area contributed by atoms with E-state index in [9.17, 15) is 18.0 Å². The summed E-state index contributed by atoms with van der Waals surface area (Å²) < 4.78 is 31.7. The number of benzene rings is 1. The van der Waals surface area contributed by atoms with Gasteiger partial charge in [0.15, 0.2) is 0 Å². The lowest BCUT2D eigenvalue weighted by Crippen LogP contribution is -2.43. The van der Waals surface area contributed by atoms with Crippen molar-refractivity contribution in [3.63, 3.8) is 0 Å². The zero-order chi connectivity index (χ0) is 20.3. The highest BCUT2D eigenvalue weighted by Crippen LogP contribution is 2.27. The highest BCUT2D eigenvalue weighted by atomic mass is 35.5. The molecule has 0 spiro atoms. The Morgan fingerprint density at radius 1 is 1.32 bits per heavy atom. The van der Waals surface area contributed by atoms with Crippen LogP contribution in [0.25, 0.3) is 0 Å². The Morgan fingerprint density at radius 2 is 2.11 bits per heavy atom. The van der Waals surface area contributed by atoms with Crippen molar-refractivity contribution in [1.82, 2.24) is 4.31 Å². The van der Waals surface area contributed by atoms with E-state index in [1.807, 2.05) is 0 Å². The van der Waals surface area contributed by atoms with Crippen LogP contribution in [0.15, 0.2) is 39.9 Å². The van der Waals surface area contributed by atoms with Crippen molar-refractivity contribution in [2.24, 2.45) is 5.92 Å². The molecule has 1 aliphatic heterocycles. The van der Waals surface area contributed by atoms with Crippen LogP contribution in [0.2, 0.25) is 5.02 Å². The molecule has 1 N–H and O–H groups in total. The van der Waals surface area contributed by atoms with Crippen LogP contribution in [0.4, 0.5) is 5.69 Å². The van der Waals surface area contributed by atoms with E-state index < -0.39 is 21.9 Å². The molecular formula is C18H19ClN2O5S2. The van der Waals surface area contributed by atoms with Gasteiger partial charge in [-0.2, -0.15) is 4.31 Å². The number of carbonyl (C=O) groups excluding carboxylic acids is 2. The molecule has 2 aromatic rings. The summed E-state index contributed by atoms with van der Waals surface area (Å²) in [6.07, 6.45) is 1.18. The summed E-state index contributed by atoms with van der Waals surface area (Å²) in [5.41, 5.74) is 0.542. The van der Waals surface area contributed by atoms with E-state index in [-0.39, 0.29) is 27.2 Å². The van der Waals surface area contributed by atoms with Gasteiger partial charge in [0.2, 0.25) is 5.91 Å². The topological polar surface area (TPSA) is 92.8 Å². The number of hydrogen-bond acceptors (Lipinski definition) is 6. The third-order valence-electron chi connectivity index (χ3n) is 4.48. The highest BCUT2D eigenvalue weighted by molar-refractivity contribution is 7.91. The number of esters is 1. The Kier molecular flexibility index (Phi) is 6.39. The van der Waals surface area contributed by atoms with E-state index in [0.29, 0.717) is 25.1 Å². The molecule has 10 heteroatoms. The summed E-state index contributed by atoms with van der Waals surface area (Å²) in [5.74, 6) is -1.39. The Bertz CT molecular complexity index is 976. The third-order valence-corrected chi connectivity index (χ3v) is 8.05. The second kappa shape index (κ2) is 8.60. The lowest BCUT2D eigenvalue weighted by molar-refractivity contribution is -0.120. The molecule has 0 aliphatic carbocycles. The number of rotatable bonds is 5. The van der Waals surface area contributed by atoms with Gasteiger partial charge in [0.05, 0.1) is 23.6 Å². The van der Waals surface area contributed by atoms with Crippen LogP contribution in [-0.4, -0.2) is 44.8 Å². The Hall–Kier alpha value is -1.94. The van der Waals surface area contributed by atoms with E-state index in [2.05, 4.69) is 10.1 Å². The minimum absolute atomic E-state index is 0.115. The monoisotopic (exact) mass is 442 g/mol. The summed E-state index contributed by atoms with van der Waals surface area (Å²) in [5, 5.41) is 4.67. The molecule has 2 heterocycles. The first kappa shape index (κ1) is 20.8. The van der Waals surface area contributed by atoms with Crippen LogP contribution in [0.3, 0.4) is 0 Å². The van der Waals surface area contributed by atoms with Crippen LogP contribution < -0.4 is 5.32 Å². The van der Waals surface area contributed by atoms with Crippen LogP contribution in [0.1, 0.15) is 23.2 Å². The lowest BCUT2D eigenvalue weighted by Gasteiger charge is -2.30. The van der Waals surface area contributed by atoms with Crippen LogP contribution in [0, 0.1) is 5.92 Å². The molecule has 1 atom stereocenters. The smallest absolute Gasteiger partial charge is 0.339 e. The summed E-state index contributed by atoms with van der Waals surface area (Å²) in [6, 6.07) is 7.76. The largest absolute Gasteiger partial charge is 0.465 e. The van der Waals surface area contributed by atoms with E-state index in [1.165, 1.54) is 23.5 Å². The molecule has 150 valence electrons. The highest BCUT2D eigenvalue weighted by Gasteiger charge is 2.33. The zero-order valence-corrected chi connectivity index (χ0v) is 17.4. The lowest BCUT2D eigenvalue weighted by atomic mass is 9.98. The SMILES string of the molecule is COC(=O)c1cc(NC(=O)[C@H]2CCCN(S(=O)(=O)c3cccs3)C2)ccc1Cl. The van der Waals surface area contributed by atoms with Gasteiger partial charge < -0.3 is 10.1 Å². The van der Waals surface area contributed by atoms with E-state index in [1.54, 1.807) is 23.6 Å². The molecule has 1 aliphatic rings. The predicted molar refractivity (Wildman–Crippen MR) is 107 cm³/mol. The molecule has 0 bridgehead atoms. The van der Waals surface area contributed by atoms with Crippen molar-refractivity contribution in [2.45, 2.75) is 17.1 Å². The van der Waals surface area contributed by atoms with Crippen LogP contribution in [-0.2, 0) is 19.6 Å². The molecule has 1 amide bonds. The van der Waals surface area contributed by atoms with E-state index >= 15 is 0 Å². The number of nitrogens with one attached hydrogen (secondary N) is 1. The maximum atomic E-state index is 12.7. The molecular weight excluding hydrogens is 424 g/mol. The number of nitrogens with zero attached hydrogens (tertiary/aromatic N) is 1. The van der Waals surface area contributed by atoms with Gasteiger partial charge in [0, 0.05) is 18.8 Å². The molecule has 0 unspecified atom stereocenters. The summed E-state index contributed by atoms with van der Waals surface area (Å²) in [7, 11) is -2.35. The molecule has 0 saturated carbocycles. The van der Waals surface area contributed by atoms with Crippen molar-refractivity contribution >= 4 is 50.5 Å². The number of piperidine rings is 1. The Balaban J connectivity index is 1.72. The van der Waals surface area contributed by atoms with Crippen LogP contribution in [0.5, 0.6) is 0 Å². The number of hydrogen-bond donors (Lipinski definition) is 1. The number of amides is 1. The number of anilines is 1. The average molecular weight is 443 g/mol. The number of carbonyl (C=O) groups is 2. The van der Waals surface area contributed by atoms with Gasteiger partial charge >= 0.3 is 5.97 Å². The first-order chi connectivity index (χ1) is 13.3. The molecule has 1 fully saturated rings. The maximum Gasteiger partial charge on any atom is 0.339 e. The van der Waals surface area contributed by atoms with Crippen molar-refractivity contribution < 1.29 is 22.7 Å². The van der Waals surface area contributed by atoms with Gasteiger partial charge in [-0.25, -0.2) is 13.2 Å². The minimum Gasteiger partial charge on any atom is -0.465 e. The van der Waals surface area contributed by atoms with Crippen molar-refractivity contribution in [3.8, 4) is 0 Å². The average Bonchev–Trinajstić information content (AvgIpc) is 3.24. The Labute approximate surface area is 172 Å². The standard InChI is InChI=1S/C18H19ClN2O5S2/c1-26-18(23)14-10-13(6-7-15(14)19)20-17(22)12-4-2-8-21(11-12)28(24,25)16-5-3-9-27-16/h3,5-7,9-10,12H,2,4,8,11H2,1H3,(H,20,22)/t12-/m0/s1. The first-order valence-electron chi connectivity index (χ1n) is 8.55. The number of sulfonamides is 1. The van der Waals surface area contributed by atoms with Crippen LogP contribution >= 0.6 is 22.9 Å². The fourth-order valence-corrected chi connectivity index (χ4v) is 5.89. The van der Waals surface area contributed by atoms with Gasteiger partial charge in [-0.15, -0.1) is 11.3 Å². The van der Waals surface area contributed by atoms with Gasteiger partial charge in [-0.3, -0.25) is 4.79 Å². The molecule has 1 aromatic heterocycles. The normalized spacial score (nSPS) is 17.9. The van der Waals surface area contributed by atoms with Crippen molar-refractivity contribution in [3.05, 3.63) is 46.3 Å². The molecule has 28 heavy (non-hydrogen) atoms. The second-order valence-electron chi connectivity index (χ2n) is 6.31. The summed E-state index contributed by atoms with van der Waals surface area (Å²) >= 11 is 7.14. The van der Waals surface area contributed by atoms with Crippen molar-refractivity contribution in [1.29, 1.82) is 0 Å². The van der Waals surface area contributed by atoms with Gasteiger partial charge in [-0.05, 0) is 42.5 Å². The number of thiophene rings is 1. The summed E-state index contributed by atoms with van der Waals surface area (Å²) in [6.45, 7) is 0.501. The number of halogens is 1. The van der Waals surface area contributed by atoms with Gasteiger partial charge in [0.25, 0.3) is 10.0 Å². The van der Waals surface area contributed by atoms with E-state index in [0.717, 1.165) is 11.3 Å². The van der Waals surface area contributed by atoms with Gasteiger partial charge in [-0.1, -0.05) is 17.7 Å². The Morgan fingerprint density at radius 3 is 2.79 bits per heavy atom. The first-order valence-corrected chi connectivity index (χ1v) is 11.2. The predicted octanol–water partition coefficient (Wildman–Crippen LogP) is 3.23. The summed E-state index contributed by atoms with van der Waals surface area (Å²) in [4.78, 5) is 24.4. The van der Waals surface area contributed by atoms with E-state index in [4.69, 9.17) is 11.6 Å². The molecule has 1 aromatic carbocycles. The molecule has 0 radical (unpaired) electrons. The minimum atomic E-state index is -3.59. The quantitative estimate of drug-likeness (QED) is 0.717. The fraction of sp³-hybridized carbons (Fsp3) is 0.333. The number of ether oxygens (including phenoxy) is 1. The number of methoxy groups -OCH3 is 1. The van der Waals surface area contributed by atoms with Crippen molar-refractivity contribution in [2.75, 3.05) is 25.5 Å².